The minimum atomic E-state index is -0.488. The Morgan fingerprint density at radius 3 is 2.56 bits per heavy atom. The largest absolute Gasteiger partial charge is 0.383 e. The average Bonchev–Trinajstić information content (AvgIpc) is 2.35. The molecule has 0 saturated heterocycles. The molecule has 0 aliphatic heterocycles. The maximum absolute atomic E-state index is 13.3. The average molecular weight is 255 g/mol. The van der Waals surface area contributed by atoms with Crippen LogP contribution in [0.25, 0.3) is 0 Å². The molecular weight excluding hydrogens is 236 g/mol. The highest BCUT2D eigenvalue weighted by Gasteiger charge is 2.05. The summed E-state index contributed by atoms with van der Waals surface area (Å²) in [5.74, 6) is -0.976. The summed E-state index contributed by atoms with van der Waals surface area (Å²) in [5.41, 5.74) is 0.126. The Bertz CT molecular complexity index is 360. The number of hydrogen-bond donors (Lipinski definition) is 1. The third kappa shape index (κ3) is 5.38. The van der Waals surface area contributed by atoms with Gasteiger partial charge in [0, 0.05) is 19.2 Å². The number of allylic oxidation sites excluding steroid dienone is 1. The number of methoxy groups -OCH3 is 1. The lowest BCUT2D eigenvalue weighted by Gasteiger charge is -2.02. The molecule has 0 heterocycles. The summed E-state index contributed by atoms with van der Waals surface area (Å²) >= 11 is 0. The lowest BCUT2D eigenvalue weighted by molar-refractivity contribution is 0.199. The van der Waals surface area contributed by atoms with E-state index in [1.165, 1.54) is 18.2 Å². The van der Waals surface area contributed by atoms with E-state index in [2.05, 4.69) is 5.32 Å². The highest BCUT2D eigenvalue weighted by molar-refractivity contribution is 5.22. The SMILES string of the molecule is COCCNCC/C=C/Cc1c(F)cccc1F. The molecule has 1 N–H and O–H groups in total. The molecule has 0 saturated carbocycles. The van der Waals surface area contributed by atoms with Crippen molar-refractivity contribution >= 4 is 0 Å². The first-order valence-electron chi connectivity index (χ1n) is 6.03. The minimum Gasteiger partial charge on any atom is -0.383 e. The van der Waals surface area contributed by atoms with Gasteiger partial charge >= 0.3 is 0 Å². The minimum absolute atomic E-state index is 0.126. The van der Waals surface area contributed by atoms with Crippen LogP contribution in [-0.2, 0) is 11.2 Å². The van der Waals surface area contributed by atoms with Crippen molar-refractivity contribution in [2.24, 2.45) is 0 Å². The molecule has 0 aliphatic rings. The van der Waals surface area contributed by atoms with E-state index in [-0.39, 0.29) is 12.0 Å². The zero-order valence-electron chi connectivity index (χ0n) is 10.6. The van der Waals surface area contributed by atoms with Crippen molar-refractivity contribution in [3.05, 3.63) is 47.5 Å². The molecule has 4 heteroatoms. The molecule has 0 amide bonds. The van der Waals surface area contributed by atoms with E-state index in [1.54, 1.807) is 13.2 Å². The van der Waals surface area contributed by atoms with Crippen molar-refractivity contribution in [3.63, 3.8) is 0 Å². The second-order valence-electron chi connectivity index (χ2n) is 3.91. The fraction of sp³-hybridized carbons (Fsp3) is 0.429. The molecule has 0 atom stereocenters. The van der Waals surface area contributed by atoms with Crippen molar-refractivity contribution in [2.75, 3.05) is 26.8 Å². The van der Waals surface area contributed by atoms with Gasteiger partial charge in [-0.3, -0.25) is 0 Å². The van der Waals surface area contributed by atoms with Gasteiger partial charge in [0.2, 0.25) is 0 Å². The van der Waals surface area contributed by atoms with Gasteiger partial charge in [-0.05, 0) is 31.5 Å². The Kier molecular flexibility index (Phi) is 7.22. The van der Waals surface area contributed by atoms with Crippen LogP contribution in [-0.4, -0.2) is 26.8 Å². The zero-order chi connectivity index (χ0) is 13.2. The van der Waals surface area contributed by atoms with Gasteiger partial charge in [0.15, 0.2) is 0 Å². The Morgan fingerprint density at radius 1 is 1.17 bits per heavy atom. The summed E-state index contributed by atoms with van der Waals surface area (Å²) in [6, 6.07) is 3.93. The van der Waals surface area contributed by atoms with E-state index >= 15 is 0 Å². The Labute approximate surface area is 107 Å². The first-order chi connectivity index (χ1) is 8.75. The molecule has 100 valence electrons. The van der Waals surface area contributed by atoms with E-state index in [0.29, 0.717) is 6.61 Å². The van der Waals surface area contributed by atoms with E-state index in [1.807, 2.05) is 6.08 Å². The zero-order valence-corrected chi connectivity index (χ0v) is 10.6. The van der Waals surface area contributed by atoms with Gasteiger partial charge in [0.25, 0.3) is 0 Å². The van der Waals surface area contributed by atoms with Gasteiger partial charge in [-0.15, -0.1) is 0 Å². The van der Waals surface area contributed by atoms with Crippen molar-refractivity contribution in [1.82, 2.24) is 5.32 Å². The van der Waals surface area contributed by atoms with E-state index < -0.39 is 11.6 Å². The quantitative estimate of drug-likeness (QED) is 0.569. The second-order valence-corrected chi connectivity index (χ2v) is 3.91. The number of halogens is 2. The van der Waals surface area contributed by atoms with Gasteiger partial charge in [-0.25, -0.2) is 8.78 Å². The van der Waals surface area contributed by atoms with E-state index in [9.17, 15) is 8.78 Å². The molecule has 0 spiro atoms. The Morgan fingerprint density at radius 2 is 1.89 bits per heavy atom. The fourth-order valence-electron chi connectivity index (χ4n) is 1.53. The van der Waals surface area contributed by atoms with Gasteiger partial charge in [-0.2, -0.15) is 0 Å². The number of ether oxygens (including phenoxy) is 1. The van der Waals surface area contributed by atoms with E-state index in [0.717, 1.165) is 19.5 Å². The molecule has 18 heavy (non-hydrogen) atoms. The van der Waals surface area contributed by atoms with Gasteiger partial charge < -0.3 is 10.1 Å². The van der Waals surface area contributed by atoms with Crippen molar-refractivity contribution < 1.29 is 13.5 Å². The van der Waals surface area contributed by atoms with Gasteiger partial charge in [0.05, 0.1) is 6.61 Å². The van der Waals surface area contributed by atoms with Crippen molar-refractivity contribution in [2.45, 2.75) is 12.8 Å². The van der Waals surface area contributed by atoms with Crippen LogP contribution in [0.2, 0.25) is 0 Å². The number of benzene rings is 1. The van der Waals surface area contributed by atoms with Crippen LogP contribution in [0.5, 0.6) is 0 Å². The monoisotopic (exact) mass is 255 g/mol. The third-order valence-electron chi connectivity index (χ3n) is 2.52. The summed E-state index contributed by atoms with van der Waals surface area (Å²) < 4.78 is 31.4. The van der Waals surface area contributed by atoms with Crippen LogP contribution in [0, 0.1) is 11.6 Å². The molecule has 2 nitrogen and oxygen atoms in total. The summed E-state index contributed by atoms with van der Waals surface area (Å²) in [6.07, 6.45) is 4.83. The van der Waals surface area contributed by atoms with Crippen LogP contribution >= 0.6 is 0 Å². The summed E-state index contributed by atoms with van der Waals surface area (Å²) in [5, 5.41) is 3.18. The van der Waals surface area contributed by atoms with Crippen LogP contribution < -0.4 is 5.32 Å². The van der Waals surface area contributed by atoms with Crippen LogP contribution in [0.15, 0.2) is 30.4 Å². The summed E-state index contributed by atoms with van der Waals surface area (Å²) in [6.45, 7) is 2.33. The summed E-state index contributed by atoms with van der Waals surface area (Å²) in [4.78, 5) is 0. The molecule has 0 aliphatic carbocycles. The molecule has 0 fully saturated rings. The molecule has 0 aromatic heterocycles. The second kappa shape index (κ2) is 8.78. The Balaban J connectivity index is 2.24. The lowest BCUT2D eigenvalue weighted by atomic mass is 10.1. The topological polar surface area (TPSA) is 21.3 Å². The molecule has 0 bridgehead atoms. The number of nitrogens with one attached hydrogen (secondary N) is 1. The molecule has 0 unspecified atom stereocenters. The first-order valence-corrected chi connectivity index (χ1v) is 6.03. The van der Waals surface area contributed by atoms with Crippen LogP contribution in [0.1, 0.15) is 12.0 Å². The predicted octanol–water partition coefficient (Wildman–Crippen LogP) is 2.69. The standard InChI is InChI=1S/C14H19F2NO/c1-18-11-10-17-9-4-2-3-6-12-13(15)7-5-8-14(12)16/h2-3,5,7-8,17H,4,6,9-11H2,1H3/b3-2+. The molecule has 1 aromatic carbocycles. The molecule has 1 rings (SSSR count). The third-order valence-corrected chi connectivity index (χ3v) is 2.52. The van der Waals surface area contributed by atoms with Crippen molar-refractivity contribution in [3.8, 4) is 0 Å². The maximum Gasteiger partial charge on any atom is 0.129 e. The smallest absolute Gasteiger partial charge is 0.129 e. The van der Waals surface area contributed by atoms with Crippen molar-refractivity contribution in [1.29, 1.82) is 0 Å². The molecule has 1 aromatic rings. The highest BCUT2D eigenvalue weighted by Crippen LogP contribution is 2.12. The lowest BCUT2D eigenvalue weighted by Crippen LogP contribution is -2.19. The van der Waals surface area contributed by atoms with E-state index in [4.69, 9.17) is 4.74 Å². The fourth-order valence-corrected chi connectivity index (χ4v) is 1.53. The Hall–Kier alpha value is -1.26. The maximum atomic E-state index is 13.3. The first kappa shape index (κ1) is 14.8. The highest BCUT2D eigenvalue weighted by atomic mass is 19.1. The van der Waals surface area contributed by atoms with Gasteiger partial charge in [-0.1, -0.05) is 18.2 Å². The predicted molar refractivity (Wildman–Crippen MR) is 68.6 cm³/mol. The number of rotatable bonds is 8. The van der Waals surface area contributed by atoms with Crippen LogP contribution in [0.3, 0.4) is 0 Å². The molecule has 0 radical (unpaired) electrons. The number of hydrogen-bond acceptors (Lipinski definition) is 2. The normalized spacial score (nSPS) is 11.3. The van der Waals surface area contributed by atoms with Gasteiger partial charge in [0.1, 0.15) is 11.6 Å². The molecular formula is C14H19F2NO. The van der Waals surface area contributed by atoms with Crippen LogP contribution in [0.4, 0.5) is 8.78 Å². The summed E-state index contributed by atoms with van der Waals surface area (Å²) in [7, 11) is 1.66.